The topological polar surface area (TPSA) is 107 Å². The van der Waals surface area contributed by atoms with E-state index in [4.69, 9.17) is 29.0 Å². The van der Waals surface area contributed by atoms with Crippen LogP contribution in [-0.4, -0.2) is 46.9 Å². The number of carbonyl (C=O) groups excluding carboxylic acids is 3. The first-order valence-corrected chi connectivity index (χ1v) is 11.8. The van der Waals surface area contributed by atoms with Crippen molar-refractivity contribution >= 4 is 17.9 Å². The van der Waals surface area contributed by atoms with E-state index < -0.39 is 46.9 Å². The lowest BCUT2D eigenvalue weighted by atomic mass is 9.91. The lowest BCUT2D eigenvalue weighted by molar-refractivity contribution is -0.399. The highest BCUT2D eigenvalue weighted by Gasteiger charge is 2.32. The quantitative estimate of drug-likeness (QED) is 0.157. The molecule has 34 heavy (non-hydrogen) atoms. The second kappa shape index (κ2) is 12.8. The largest absolute Gasteiger partial charge is 0.454 e. The summed E-state index contributed by atoms with van der Waals surface area (Å²) in [6, 6.07) is 0. The van der Waals surface area contributed by atoms with E-state index in [2.05, 4.69) is 0 Å². The first-order chi connectivity index (χ1) is 15.1. The molecule has 0 rings (SSSR count). The van der Waals surface area contributed by atoms with Crippen LogP contribution in [0.1, 0.15) is 109 Å². The average molecular weight is 491 g/mol. The third-order valence-electron chi connectivity index (χ3n) is 4.30. The van der Waals surface area contributed by atoms with Crippen molar-refractivity contribution in [2.75, 3.05) is 0 Å². The third kappa shape index (κ3) is 16.8. The molecule has 0 bridgehead atoms. The van der Waals surface area contributed by atoms with Crippen molar-refractivity contribution < 1.29 is 43.4 Å². The summed E-state index contributed by atoms with van der Waals surface area (Å²) in [5, 5.41) is 0. The lowest BCUT2D eigenvalue weighted by Crippen LogP contribution is -2.37. The molecule has 0 aliphatic rings. The van der Waals surface area contributed by atoms with E-state index in [1.54, 1.807) is 41.5 Å². The van der Waals surface area contributed by atoms with Gasteiger partial charge in [-0.3, -0.25) is 4.89 Å². The monoisotopic (exact) mass is 490 g/mol. The molecule has 0 heterocycles. The average Bonchev–Trinajstić information content (AvgIpc) is 2.61. The van der Waals surface area contributed by atoms with E-state index in [0.29, 0.717) is 12.8 Å². The molecule has 9 heteroatoms. The van der Waals surface area contributed by atoms with Gasteiger partial charge < -0.3 is 9.47 Å². The number of rotatable bonds is 12. The predicted molar refractivity (Wildman–Crippen MR) is 126 cm³/mol. The third-order valence-corrected chi connectivity index (χ3v) is 4.30. The molecular weight excluding hydrogens is 444 g/mol. The minimum absolute atomic E-state index is 0.00629. The summed E-state index contributed by atoms with van der Waals surface area (Å²) in [5.41, 5.74) is -2.15. The molecule has 0 aromatic carbocycles. The molecule has 0 aromatic heterocycles. The van der Waals surface area contributed by atoms with Crippen molar-refractivity contribution in [3.63, 3.8) is 0 Å². The summed E-state index contributed by atoms with van der Waals surface area (Å²) in [6.07, 6.45) is 0.105. The Hall–Kier alpha value is -1.71. The molecule has 0 N–H and O–H groups in total. The molecule has 0 aliphatic carbocycles. The maximum Gasteiger partial charge on any atom is 0.417 e. The van der Waals surface area contributed by atoms with Crippen LogP contribution in [0.2, 0.25) is 0 Å². The zero-order chi connectivity index (χ0) is 27.0. The zero-order valence-electron chi connectivity index (χ0n) is 23.2. The molecule has 0 radical (unpaired) electrons. The smallest absolute Gasteiger partial charge is 0.417 e. The van der Waals surface area contributed by atoms with Crippen molar-refractivity contribution in [3.05, 3.63) is 0 Å². The second-order valence-electron chi connectivity index (χ2n) is 12.2. The molecule has 2 unspecified atom stereocenters. The standard InChI is InChI=1S/C25H46O9/c1-17(15-24(9,10)33-31-19(26)13-14-22(3,4)5)29-20(27)21(28)30-18(2)16-25(11,12)34-32-23(6,7)8/h17-18H,13-16H2,1-12H3. The molecular formula is C25H46O9. The van der Waals surface area contributed by atoms with Crippen LogP contribution >= 0.6 is 0 Å². The van der Waals surface area contributed by atoms with Crippen molar-refractivity contribution in [2.24, 2.45) is 5.41 Å². The normalized spacial score (nSPS) is 14.8. The van der Waals surface area contributed by atoms with Crippen molar-refractivity contribution in [1.82, 2.24) is 0 Å². The summed E-state index contributed by atoms with van der Waals surface area (Å²) in [7, 11) is 0. The number of hydrogen-bond acceptors (Lipinski definition) is 9. The highest BCUT2D eigenvalue weighted by atomic mass is 17.2. The molecule has 0 aliphatic heterocycles. The Balaban J connectivity index is 4.52. The van der Waals surface area contributed by atoms with E-state index in [9.17, 15) is 14.4 Å². The lowest BCUT2D eigenvalue weighted by Gasteiger charge is -2.30. The Morgan fingerprint density at radius 1 is 0.647 bits per heavy atom. The van der Waals surface area contributed by atoms with E-state index in [0.717, 1.165) is 0 Å². The Morgan fingerprint density at radius 3 is 1.44 bits per heavy atom. The Labute approximate surface area is 205 Å². The fourth-order valence-corrected chi connectivity index (χ4v) is 2.91. The van der Waals surface area contributed by atoms with Crippen LogP contribution in [0, 0.1) is 5.41 Å². The maximum absolute atomic E-state index is 12.2. The summed E-state index contributed by atoms with van der Waals surface area (Å²) in [6.45, 7) is 21.9. The van der Waals surface area contributed by atoms with Gasteiger partial charge >= 0.3 is 17.9 Å². The molecule has 0 fully saturated rings. The zero-order valence-corrected chi connectivity index (χ0v) is 23.2. The van der Waals surface area contributed by atoms with E-state index in [-0.39, 0.29) is 18.3 Å². The summed E-state index contributed by atoms with van der Waals surface area (Å²) >= 11 is 0. The van der Waals surface area contributed by atoms with Gasteiger partial charge in [0.05, 0.1) is 5.60 Å². The molecule has 2 atom stereocenters. The van der Waals surface area contributed by atoms with Gasteiger partial charge in [-0.15, -0.1) is 0 Å². The van der Waals surface area contributed by atoms with Crippen LogP contribution in [0.3, 0.4) is 0 Å². The summed E-state index contributed by atoms with van der Waals surface area (Å²) in [5.74, 6) is -2.67. The minimum Gasteiger partial charge on any atom is -0.454 e. The molecule has 200 valence electrons. The van der Waals surface area contributed by atoms with Crippen molar-refractivity contribution in [3.8, 4) is 0 Å². The molecule has 0 saturated carbocycles. The minimum atomic E-state index is -1.11. The van der Waals surface area contributed by atoms with Gasteiger partial charge in [-0.1, -0.05) is 20.8 Å². The van der Waals surface area contributed by atoms with Gasteiger partial charge in [0, 0.05) is 19.3 Å². The maximum atomic E-state index is 12.2. The van der Waals surface area contributed by atoms with Crippen LogP contribution in [0.4, 0.5) is 0 Å². The highest BCUT2D eigenvalue weighted by molar-refractivity contribution is 6.29. The van der Waals surface area contributed by atoms with Crippen molar-refractivity contribution in [2.45, 2.75) is 138 Å². The van der Waals surface area contributed by atoms with Gasteiger partial charge in [-0.25, -0.2) is 24.2 Å². The number of ether oxygens (including phenoxy) is 2. The summed E-state index contributed by atoms with van der Waals surface area (Å²) < 4.78 is 10.4. The fraction of sp³-hybridized carbons (Fsp3) is 0.880. The van der Waals surface area contributed by atoms with E-state index >= 15 is 0 Å². The highest BCUT2D eigenvalue weighted by Crippen LogP contribution is 2.24. The second-order valence-corrected chi connectivity index (χ2v) is 12.2. The van der Waals surface area contributed by atoms with Gasteiger partial charge in [0.1, 0.15) is 23.4 Å². The molecule has 0 saturated heterocycles. The Bertz CT molecular complexity index is 669. The van der Waals surface area contributed by atoms with Crippen LogP contribution in [0.15, 0.2) is 0 Å². The van der Waals surface area contributed by atoms with Gasteiger partial charge in [0.15, 0.2) is 0 Å². The Morgan fingerprint density at radius 2 is 1.06 bits per heavy atom. The van der Waals surface area contributed by atoms with Crippen LogP contribution < -0.4 is 0 Å². The number of esters is 2. The van der Waals surface area contributed by atoms with E-state index in [1.807, 2.05) is 41.5 Å². The molecule has 0 spiro atoms. The number of hydrogen-bond donors (Lipinski definition) is 0. The van der Waals surface area contributed by atoms with Gasteiger partial charge in [-0.05, 0) is 74.1 Å². The SMILES string of the molecule is CC(CC(C)(C)OOC(=O)CCC(C)(C)C)OC(=O)C(=O)OC(C)CC(C)(C)OOC(C)(C)C. The molecule has 0 aromatic rings. The first kappa shape index (κ1) is 32.3. The molecule has 0 amide bonds. The van der Waals surface area contributed by atoms with Gasteiger partial charge in [0.2, 0.25) is 0 Å². The first-order valence-electron chi connectivity index (χ1n) is 11.8. The van der Waals surface area contributed by atoms with E-state index in [1.165, 1.54) is 0 Å². The molecule has 9 nitrogen and oxygen atoms in total. The van der Waals surface area contributed by atoms with Crippen molar-refractivity contribution in [1.29, 1.82) is 0 Å². The fourth-order valence-electron chi connectivity index (χ4n) is 2.91. The van der Waals surface area contributed by atoms with Crippen LogP contribution in [0.5, 0.6) is 0 Å². The predicted octanol–water partition coefficient (Wildman–Crippen LogP) is 5.24. The summed E-state index contributed by atoms with van der Waals surface area (Å²) in [4.78, 5) is 57.1. The van der Waals surface area contributed by atoms with Crippen LogP contribution in [0.25, 0.3) is 0 Å². The Kier molecular flexibility index (Phi) is 12.2. The number of carbonyl (C=O) groups is 3. The van der Waals surface area contributed by atoms with Gasteiger partial charge in [-0.2, -0.15) is 4.89 Å². The van der Waals surface area contributed by atoms with Crippen LogP contribution in [-0.2, 0) is 43.4 Å². The van der Waals surface area contributed by atoms with Gasteiger partial charge in [0.25, 0.3) is 0 Å².